The molecule has 0 radical (unpaired) electrons. The van der Waals surface area contributed by atoms with Gasteiger partial charge in [0.2, 0.25) is 0 Å². The number of piperidine rings is 1. The van der Waals surface area contributed by atoms with Crippen molar-refractivity contribution in [1.29, 1.82) is 0 Å². The molecule has 0 aliphatic carbocycles. The lowest BCUT2D eigenvalue weighted by Crippen LogP contribution is -2.43. The lowest BCUT2D eigenvalue weighted by molar-refractivity contribution is -0.142. The average Bonchev–Trinajstić information content (AvgIpc) is 2.52. The first-order valence-corrected chi connectivity index (χ1v) is 8.07. The Morgan fingerprint density at radius 2 is 1.74 bits per heavy atom. The van der Waals surface area contributed by atoms with Gasteiger partial charge in [0.1, 0.15) is 0 Å². The molecular weight excluding hydrogens is 300 g/mol. The molecule has 0 aromatic heterocycles. The summed E-state index contributed by atoms with van der Waals surface area (Å²) in [6, 6.07) is -0.0626. The van der Waals surface area contributed by atoms with Crippen molar-refractivity contribution < 1.29 is 23.9 Å². The fourth-order valence-corrected chi connectivity index (χ4v) is 2.10. The van der Waals surface area contributed by atoms with Crippen molar-refractivity contribution in [1.82, 2.24) is 10.2 Å². The van der Waals surface area contributed by atoms with Crippen LogP contribution in [-0.4, -0.2) is 55.2 Å². The molecular formula is C16H26N2O5. The Morgan fingerprint density at radius 1 is 1.09 bits per heavy atom. The van der Waals surface area contributed by atoms with Gasteiger partial charge in [-0.1, -0.05) is 0 Å². The highest BCUT2D eigenvalue weighted by Crippen LogP contribution is 2.08. The molecule has 1 heterocycles. The van der Waals surface area contributed by atoms with Gasteiger partial charge in [-0.3, -0.25) is 0 Å². The highest BCUT2D eigenvalue weighted by atomic mass is 16.5. The fraction of sp³-hybridized carbons (Fsp3) is 0.688. The second-order valence-electron chi connectivity index (χ2n) is 5.62. The van der Waals surface area contributed by atoms with Gasteiger partial charge in [0.05, 0.1) is 12.7 Å². The second-order valence-corrected chi connectivity index (χ2v) is 5.62. The Morgan fingerprint density at radius 3 is 2.39 bits per heavy atom. The Balaban J connectivity index is 2.07. The summed E-state index contributed by atoms with van der Waals surface area (Å²) in [5, 5.41) is 2.80. The van der Waals surface area contributed by atoms with E-state index in [2.05, 4.69) is 5.32 Å². The van der Waals surface area contributed by atoms with Gasteiger partial charge in [0.25, 0.3) is 0 Å². The predicted octanol–water partition coefficient (Wildman–Crippen LogP) is 1.62. The minimum Gasteiger partial charge on any atom is -0.462 e. The zero-order valence-electron chi connectivity index (χ0n) is 13.9. The third-order valence-electron chi connectivity index (χ3n) is 3.19. The number of rotatable bonds is 7. The largest absolute Gasteiger partial charge is 0.462 e. The van der Waals surface area contributed by atoms with Crippen molar-refractivity contribution in [3.05, 3.63) is 12.2 Å². The van der Waals surface area contributed by atoms with Crippen LogP contribution < -0.4 is 5.32 Å². The van der Waals surface area contributed by atoms with Gasteiger partial charge in [-0.05, 0) is 39.5 Å². The third kappa shape index (κ3) is 8.85. The molecule has 0 spiro atoms. The summed E-state index contributed by atoms with van der Waals surface area (Å²) in [6.07, 6.45) is 5.66. The number of hydrogen-bond acceptors (Lipinski definition) is 5. The molecule has 130 valence electrons. The average molecular weight is 326 g/mol. The highest BCUT2D eigenvalue weighted by molar-refractivity contribution is 5.91. The third-order valence-corrected chi connectivity index (χ3v) is 3.19. The predicted molar refractivity (Wildman–Crippen MR) is 84.8 cm³/mol. The van der Waals surface area contributed by atoms with Crippen molar-refractivity contribution in [2.24, 2.45) is 0 Å². The second kappa shape index (κ2) is 10.6. The summed E-state index contributed by atoms with van der Waals surface area (Å²) in [4.78, 5) is 36.2. The number of amides is 2. The molecule has 0 atom stereocenters. The van der Waals surface area contributed by atoms with Crippen LogP contribution in [0, 0.1) is 0 Å². The molecule has 7 nitrogen and oxygen atoms in total. The van der Waals surface area contributed by atoms with Crippen LogP contribution in [0.3, 0.4) is 0 Å². The molecule has 2 amide bonds. The summed E-state index contributed by atoms with van der Waals surface area (Å²) in [7, 11) is 0. The maximum Gasteiger partial charge on any atom is 0.331 e. The van der Waals surface area contributed by atoms with E-state index in [-0.39, 0.29) is 18.7 Å². The van der Waals surface area contributed by atoms with Crippen LogP contribution in [0.15, 0.2) is 12.2 Å². The lowest BCUT2D eigenvalue weighted by Gasteiger charge is -2.26. The van der Waals surface area contributed by atoms with Crippen LogP contribution in [0.4, 0.5) is 4.79 Å². The zero-order valence-corrected chi connectivity index (χ0v) is 13.9. The molecule has 1 saturated heterocycles. The summed E-state index contributed by atoms with van der Waals surface area (Å²) >= 11 is 0. The van der Waals surface area contributed by atoms with Gasteiger partial charge in [-0.2, -0.15) is 0 Å². The van der Waals surface area contributed by atoms with Gasteiger partial charge in [0, 0.05) is 31.8 Å². The lowest BCUT2D eigenvalue weighted by atomic mass is 10.1. The molecule has 0 unspecified atom stereocenters. The van der Waals surface area contributed by atoms with E-state index in [0.717, 1.165) is 38.1 Å². The summed E-state index contributed by atoms with van der Waals surface area (Å²) < 4.78 is 9.77. The molecule has 1 aliphatic heterocycles. The van der Waals surface area contributed by atoms with Crippen LogP contribution in [-0.2, 0) is 19.1 Å². The van der Waals surface area contributed by atoms with Gasteiger partial charge in [0.15, 0.2) is 0 Å². The molecule has 0 aromatic carbocycles. The van der Waals surface area contributed by atoms with Crippen molar-refractivity contribution in [3.8, 4) is 0 Å². The molecule has 7 heteroatoms. The SMILES string of the molecule is CC(C)OC(=O)/C=C/C(=O)OCCCNC(=O)N1CCCCC1. The number of nitrogens with one attached hydrogen (secondary N) is 1. The number of nitrogens with zero attached hydrogens (tertiary/aromatic N) is 1. The quantitative estimate of drug-likeness (QED) is 0.436. The first-order chi connectivity index (χ1) is 11.0. The summed E-state index contributed by atoms with van der Waals surface area (Å²) in [5.41, 5.74) is 0. The van der Waals surface area contributed by atoms with Crippen LogP contribution in [0.2, 0.25) is 0 Å². The number of carbonyl (C=O) groups excluding carboxylic acids is 3. The van der Waals surface area contributed by atoms with Gasteiger partial charge in [-0.25, -0.2) is 14.4 Å². The summed E-state index contributed by atoms with van der Waals surface area (Å²) in [5.74, 6) is -1.18. The molecule has 0 saturated carbocycles. The number of esters is 2. The topological polar surface area (TPSA) is 84.9 Å². The maximum atomic E-state index is 11.8. The van der Waals surface area contributed by atoms with Crippen LogP contribution in [0.1, 0.15) is 39.5 Å². The Hall–Kier alpha value is -2.05. The molecule has 1 aliphatic rings. The zero-order chi connectivity index (χ0) is 17.1. The van der Waals surface area contributed by atoms with Crippen LogP contribution >= 0.6 is 0 Å². The molecule has 1 fully saturated rings. The standard InChI is InChI=1S/C16H26N2O5/c1-13(2)23-15(20)8-7-14(19)22-12-6-9-17-16(21)18-10-4-3-5-11-18/h7-8,13H,3-6,9-12H2,1-2H3,(H,17,21)/b8-7+. The smallest absolute Gasteiger partial charge is 0.331 e. The van der Waals surface area contributed by atoms with E-state index < -0.39 is 11.9 Å². The fourth-order valence-electron chi connectivity index (χ4n) is 2.10. The van der Waals surface area contributed by atoms with E-state index in [0.29, 0.717) is 13.0 Å². The Labute approximate surface area is 137 Å². The number of carbonyl (C=O) groups is 3. The molecule has 1 N–H and O–H groups in total. The number of ether oxygens (including phenoxy) is 2. The van der Waals surface area contributed by atoms with E-state index in [4.69, 9.17) is 9.47 Å². The number of hydrogen-bond donors (Lipinski definition) is 1. The first-order valence-electron chi connectivity index (χ1n) is 8.07. The maximum absolute atomic E-state index is 11.8. The number of urea groups is 1. The molecule has 23 heavy (non-hydrogen) atoms. The normalized spacial score (nSPS) is 14.8. The van der Waals surface area contributed by atoms with E-state index in [1.807, 2.05) is 0 Å². The van der Waals surface area contributed by atoms with Crippen LogP contribution in [0.25, 0.3) is 0 Å². The van der Waals surface area contributed by atoms with Gasteiger partial charge < -0.3 is 19.7 Å². The molecule has 0 aromatic rings. The first kappa shape index (κ1) is 19.0. The minimum atomic E-state index is -0.604. The van der Waals surface area contributed by atoms with E-state index in [1.54, 1.807) is 18.7 Å². The van der Waals surface area contributed by atoms with Crippen LogP contribution in [0.5, 0.6) is 0 Å². The monoisotopic (exact) mass is 326 g/mol. The number of likely N-dealkylation sites (tertiary alicyclic amines) is 1. The van der Waals surface area contributed by atoms with E-state index in [1.165, 1.54) is 6.42 Å². The molecule has 0 bridgehead atoms. The van der Waals surface area contributed by atoms with E-state index >= 15 is 0 Å². The van der Waals surface area contributed by atoms with Crippen molar-refractivity contribution in [2.75, 3.05) is 26.2 Å². The Kier molecular flexibility index (Phi) is 8.79. The highest BCUT2D eigenvalue weighted by Gasteiger charge is 2.15. The van der Waals surface area contributed by atoms with Crippen molar-refractivity contribution in [2.45, 2.75) is 45.6 Å². The van der Waals surface area contributed by atoms with Crippen molar-refractivity contribution in [3.63, 3.8) is 0 Å². The summed E-state index contributed by atoms with van der Waals surface area (Å²) in [6.45, 7) is 5.69. The van der Waals surface area contributed by atoms with E-state index in [9.17, 15) is 14.4 Å². The minimum absolute atomic E-state index is 0.0626. The van der Waals surface area contributed by atoms with Crippen molar-refractivity contribution >= 4 is 18.0 Å². The Bertz CT molecular complexity index is 428. The van der Waals surface area contributed by atoms with Gasteiger partial charge >= 0.3 is 18.0 Å². The van der Waals surface area contributed by atoms with Gasteiger partial charge in [-0.15, -0.1) is 0 Å². The molecule has 1 rings (SSSR count).